The molecule has 0 unspecified atom stereocenters. The molecule has 1 aliphatic heterocycles. The molecular weight excluding hydrogens is 427 g/mol. The molecule has 172 valence electrons. The Morgan fingerprint density at radius 1 is 1.18 bits per heavy atom. The molecule has 1 fully saturated rings. The van der Waals surface area contributed by atoms with E-state index in [-0.39, 0.29) is 5.95 Å². The molecule has 1 aromatic carbocycles. The second-order valence-electron chi connectivity index (χ2n) is 7.89. The maximum atomic E-state index is 13.2. The van der Waals surface area contributed by atoms with Crippen molar-refractivity contribution in [3.05, 3.63) is 48.2 Å². The number of furan rings is 1. The monoisotopic (exact) mass is 452 g/mol. The number of halogens is 1. The van der Waals surface area contributed by atoms with Gasteiger partial charge in [-0.05, 0) is 42.7 Å². The molecule has 5 rings (SSSR count). The maximum absolute atomic E-state index is 13.2. The number of nitrogens with one attached hydrogen (secondary N) is 1. The predicted octanol–water partition coefficient (Wildman–Crippen LogP) is 2.44. The van der Waals surface area contributed by atoms with Crippen molar-refractivity contribution in [2.45, 2.75) is 19.0 Å². The molecule has 0 bridgehead atoms. The van der Waals surface area contributed by atoms with Crippen LogP contribution in [0.4, 0.5) is 16.3 Å². The minimum atomic E-state index is -0.697. The van der Waals surface area contributed by atoms with Gasteiger partial charge in [0.25, 0.3) is 5.78 Å². The van der Waals surface area contributed by atoms with Gasteiger partial charge in [0.15, 0.2) is 5.76 Å². The van der Waals surface area contributed by atoms with Crippen molar-refractivity contribution in [3.8, 4) is 17.3 Å². The van der Waals surface area contributed by atoms with Gasteiger partial charge in [-0.3, -0.25) is 4.90 Å². The van der Waals surface area contributed by atoms with E-state index in [4.69, 9.17) is 14.9 Å². The van der Waals surface area contributed by atoms with Crippen LogP contribution < -0.4 is 15.8 Å². The van der Waals surface area contributed by atoms with E-state index in [1.807, 2.05) is 24.3 Å². The van der Waals surface area contributed by atoms with E-state index in [1.165, 1.54) is 4.52 Å². The molecule has 4 aromatic rings. The molecule has 0 radical (unpaired) electrons. The molecule has 0 spiro atoms. The van der Waals surface area contributed by atoms with Crippen molar-refractivity contribution in [1.29, 1.82) is 0 Å². The summed E-state index contributed by atoms with van der Waals surface area (Å²) in [5.41, 5.74) is 7.16. The number of ether oxygens (including phenoxy) is 1. The number of fused-ring (bicyclic) bond motifs is 1. The molecule has 1 atom stereocenters. The van der Waals surface area contributed by atoms with Gasteiger partial charge in [-0.1, -0.05) is 12.1 Å². The highest BCUT2D eigenvalue weighted by Gasteiger charge is 2.21. The van der Waals surface area contributed by atoms with Crippen LogP contribution in [0.25, 0.3) is 17.4 Å². The Bertz CT molecular complexity index is 1200. The Balaban J connectivity index is 1.12. The van der Waals surface area contributed by atoms with Gasteiger partial charge in [0.2, 0.25) is 17.7 Å². The SMILES string of the molecule is Nc1nc(NCCc2ccc(OCCN3CC[C@@H](F)C3)cc2)nc2nc(-c3ccco3)nn12. The number of nitrogen functional groups attached to an aromatic ring is 1. The first-order chi connectivity index (χ1) is 16.1. The van der Waals surface area contributed by atoms with Gasteiger partial charge in [-0.15, -0.1) is 5.10 Å². The summed E-state index contributed by atoms with van der Waals surface area (Å²) >= 11 is 0. The molecule has 1 aliphatic rings. The van der Waals surface area contributed by atoms with Gasteiger partial charge in [0.05, 0.1) is 6.26 Å². The summed E-state index contributed by atoms with van der Waals surface area (Å²) in [4.78, 5) is 15.1. The van der Waals surface area contributed by atoms with Crippen molar-refractivity contribution < 1.29 is 13.5 Å². The van der Waals surface area contributed by atoms with Crippen LogP contribution in [0.3, 0.4) is 0 Å². The number of rotatable bonds is 9. The summed E-state index contributed by atoms with van der Waals surface area (Å²) in [6.45, 7) is 3.24. The zero-order chi connectivity index (χ0) is 22.6. The molecule has 0 aliphatic carbocycles. The normalized spacial score (nSPS) is 16.5. The van der Waals surface area contributed by atoms with E-state index in [2.05, 4.69) is 30.3 Å². The van der Waals surface area contributed by atoms with Crippen LogP contribution in [-0.2, 0) is 6.42 Å². The summed E-state index contributed by atoms with van der Waals surface area (Å²) in [5.74, 6) is 2.65. The number of anilines is 2. The van der Waals surface area contributed by atoms with Gasteiger partial charge >= 0.3 is 0 Å². The van der Waals surface area contributed by atoms with Crippen LogP contribution in [0.5, 0.6) is 5.75 Å². The topological polar surface area (TPSA) is 120 Å². The van der Waals surface area contributed by atoms with E-state index in [0.717, 1.165) is 30.8 Å². The van der Waals surface area contributed by atoms with Crippen LogP contribution >= 0.6 is 0 Å². The maximum Gasteiger partial charge on any atom is 0.259 e. The van der Waals surface area contributed by atoms with Crippen LogP contribution in [0, 0.1) is 0 Å². The summed E-state index contributed by atoms with van der Waals surface area (Å²) in [6, 6.07) is 11.5. The zero-order valence-corrected chi connectivity index (χ0v) is 18.0. The third kappa shape index (κ3) is 5.03. The molecule has 4 heterocycles. The number of likely N-dealkylation sites (tertiary alicyclic amines) is 1. The first kappa shape index (κ1) is 21.1. The van der Waals surface area contributed by atoms with Gasteiger partial charge < -0.3 is 20.2 Å². The summed E-state index contributed by atoms with van der Waals surface area (Å²) in [6.07, 6.45) is 2.25. The lowest BCUT2D eigenvalue weighted by atomic mass is 10.1. The Morgan fingerprint density at radius 2 is 2.06 bits per heavy atom. The van der Waals surface area contributed by atoms with E-state index in [0.29, 0.717) is 49.4 Å². The van der Waals surface area contributed by atoms with Gasteiger partial charge in [-0.2, -0.15) is 19.5 Å². The molecule has 33 heavy (non-hydrogen) atoms. The van der Waals surface area contributed by atoms with Crippen LogP contribution in [0.1, 0.15) is 12.0 Å². The molecule has 3 aromatic heterocycles. The molecule has 10 nitrogen and oxygen atoms in total. The van der Waals surface area contributed by atoms with Crippen molar-refractivity contribution in [1.82, 2.24) is 29.5 Å². The largest absolute Gasteiger partial charge is 0.492 e. The number of aromatic nitrogens is 5. The van der Waals surface area contributed by atoms with Gasteiger partial charge in [0, 0.05) is 26.2 Å². The fourth-order valence-electron chi connectivity index (χ4n) is 3.75. The fourth-order valence-corrected chi connectivity index (χ4v) is 3.75. The summed E-state index contributed by atoms with van der Waals surface area (Å²) in [5, 5.41) is 7.46. The Kier molecular flexibility index (Phi) is 6.03. The minimum Gasteiger partial charge on any atom is -0.492 e. The zero-order valence-electron chi connectivity index (χ0n) is 18.0. The van der Waals surface area contributed by atoms with Crippen molar-refractivity contribution in [2.24, 2.45) is 0 Å². The third-order valence-electron chi connectivity index (χ3n) is 5.49. The highest BCUT2D eigenvalue weighted by molar-refractivity contribution is 5.52. The third-order valence-corrected chi connectivity index (χ3v) is 5.49. The molecule has 1 saturated heterocycles. The van der Waals surface area contributed by atoms with E-state index < -0.39 is 6.17 Å². The molecule has 3 N–H and O–H groups in total. The van der Waals surface area contributed by atoms with Gasteiger partial charge in [0.1, 0.15) is 18.5 Å². The predicted molar refractivity (Wildman–Crippen MR) is 121 cm³/mol. The van der Waals surface area contributed by atoms with E-state index in [9.17, 15) is 4.39 Å². The molecule has 0 amide bonds. The van der Waals surface area contributed by atoms with Crippen LogP contribution in [0.2, 0.25) is 0 Å². The summed E-state index contributed by atoms with van der Waals surface area (Å²) in [7, 11) is 0. The highest BCUT2D eigenvalue weighted by Crippen LogP contribution is 2.18. The lowest BCUT2D eigenvalue weighted by molar-refractivity contribution is 0.224. The van der Waals surface area contributed by atoms with Gasteiger partial charge in [-0.25, -0.2) is 4.39 Å². The first-order valence-corrected chi connectivity index (χ1v) is 10.9. The number of nitrogens with two attached hydrogens (primary N) is 1. The second kappa shape index (κ2) is 9.41. The van der Waals surface area contributed by atoms with Crippen LogP contribution in [-0.4, -0.2) is 68.4 Å². The lowest BCUT2D eigenvalue weighted by Gasteiger charge is -2.15. The number of nitrogens with zero attached hydrogens (tertiary/aromatic N) is 6. The molecule has 11 heteroatoms. The smallest absolute Gasteiger partial charge is 0.259 e. The Hall–Kier alpha value is -3.73. The number of alkyl halides is 1. The van der Waals surface area contributed by atoms with Crippen molar-refractivity contribution >= 4 is 17.7 Å². The van der Waals surface area contributed by atoms with Crippen LogP contribution in [0.15, 0.2) is 47.1 Å². The molecule has 0 saturated carbocycles. The second-order valence-corrected chi connectivity index (χ2v) is 7.89. The van der Waals surface area contributed by atoms with Crippen molar-refractivity contribution in [2.75, 3.05) is 43.8 Å². The highest BCUT2D eigenvalue weighted by atomic mass is 19.1. The number of hydrogen-bond donors (Lipinski definition) is 2. The minimum absolute atomic E-state index is 0.185. The fraction of sp³-hybridized carbons (Fsp3) is 0.364. The Labute approximate surface area is 189 Å². The lowest BCUT2D eigenvalue weighted by Crippen LogP contribution is -2.26. The Morgan fingerprint density at radius 3 is 2.82 bits per heavy atom. The first-order valence-electron chi connectivity index (χ1n) is 10.9. The van der Waals surface area contributed by atoms with E-state index in [1.54, 1.807) is 18.4 Å². The number of benzene rings is 1. The standard InChI is InChI=1S/C22H25FN8O2/c23-16-8-10-30(14-16)11-13-32-17-5-3-15(4-6-17)7-9-25-21-27-20(24)31-22(28-21)26-19(29-31)18-2-1-12-33-18/h1-6,12,16H,7-11,13-14H2,(H3,24,25,26,27,28,29)/t16-/m1/s1. The quantitative estimate of drug-likeness (QED) is 0.394. The average molecular weight is 452 g/mol. The summed E-state index contributed by atoms with van der Waals surface area (Å²) < 4.78 is 25.7. The molecular formula is C22H25FN8O2. The number of hydrogen-bond acceptors (Lipinski definition) is 9. The van der Waals surface area contributed by atoms with E-state index >= 15 is 0 Å². The van der Waals surface area contributed by atoms with Crippen molar-refractivity contribution in [3.63, 3.8) is 0 Å². The average Bonchev–Trinajstić information content (AvgIpc) is 3.56.